The second-order valence-electron chi connectivity index (χ2n) is 8.44. The number of hydrogen-bond donors (Lipinski definition) is 0. The number of rotatable bonds is 2. The summed E-state index contributed by atoms with van der Waals surface area (Å²) in [6, 6.07) is 8.53. The van der Waals surface area contributed by atoms with E-state index in [1.54, 1.807) is 0 Å². The van der Waals surface area contributed by atoms with Gasteiger partial charge >= 0.3 is 0 Å². The predicted molar refractivity (Wildman–Crippen MR) is 107 cm³/mol. The number of pyridine rings is 2. The van der Waals surface area contributed by atoms with Gasteiger partial charge in [0.15, 0.2) is 5.82 Å². The molecule has 140 valence electrons. The van der Waals surface area contributed by atoms with Crippen molar-refractivity contribution in [1.29, 1.82) is 0 Å². The molecule has 3 atom stereocenters. The summed E-state index contributed by atoms with van der Waals surface area (Å²) in [4.78, 5) is 27.2. The zero-order chi connectivity index (χ0) is 18.5. The molecule has 2 aliphatic heterocycles. The maximum atomic E-state index is 13.5. The van der Waals surface area contributed by atoms with Crippen molar-refractivity contribution in [2.24, 2.45) is 11.8 Å². The van der Waals surface area contributed by atoms with E-state index in [1.165, 1.54) is 0 Å². The van der Waals surface area contributed by atoms with Gasteiger partial charge in [-0.2, -0.15) is 0 Å². The van der Waals surface area contributed by atoms with Gasteiger partial charge in [-0.15, -0.1) is 0 Å². The van der Waals surface area contributed by atoms with Crippen molar-refractivity contribution in [2.75, 3.05) is 22.9 Å². The molecule has 0 aromatic carbocycles. The lowest BCUT2D eigenvalue weighted by Crippen LogP contribution is -2.48. The second-order valence-corrected chi connectivity index (χ2v) is 8.44. The summed E-state index contributed by atoms with van der Waals surface area (Å²) < 4.78 is 0. The quantitative estimate of drug-likeness (QED) is 0.815. The van der Waals surface area contributed by atoms with E-state index in [-0.39, 0.29) is 12.0 Å². The molecule has 0 spiro atoms. The molecule has 4 heterocycles. The topological polar surface area (TPSA) is 49.3 Å². The highest BCUT2D eigenvalue weighted by Crippen LogP contribution is 2.42. The molecule has 5 heteroatoms. The van der Waals surface area contributed by atoms with Crippen LogP contribution in [0.1, 0.15) is 38.3 Å². The highest BCUT2D eigenvalue weighted by molar-refractivity contribution is 5.99. The van der Waals surface area contributed by atoms with Gasteiger partial charge in [0.2, 0.25) is 5.91 Å². The second kappa shape index (κ2) is 6.32. The van der Waals surface area contributed by atoms with E-state index < -0.39 is 0 Å². The monoisotopic (exact) mass is 362 g/mol. The van der Waals surface area contributed by atoms with E-state index >= 15 is 0 Å². The third-order valence-electron chi connectivity index (χ3n) is 6.43. The molecule has 5 rings (SSSR count). The van der Waals surface area contributed by atoms with Gasteiger partial charge in [-0.1, -0.05) is 6.92 Å². The summed E-state index contributed by atoms with van der Waals surface area (Å²) in [7, 11) is 0. The molecule has 0 N–H and O–H groups in total. The SMILES string of the molecule is Cc1cc(-c2ccc3c(n2)N(C(=O)C2CC[C@@H](C)C2)[C@H]2CCN3C2)ccn1. The van der Waals surface area contributed by atoms with Gasteiger partial charge in [-0.3, -0.25) is 14.7 Å². The molecule has 0 radical (unpaired) electrons. The first-order valence-corrected chi connectivity index (χ1v) is 10.1. The van der Waals surface area contributed by atoms with Crippen molar-refractivity contribution in [2.45, 2.75) is 45.6 Å². The van der Waals surface area contributed by atoms with E-state index in [0.29, 0.717) is 11.8 Å². The van der Waals surface area contributed by atoms with E-state index in [1.807, 2.05) is 19.2 Å². The lowest BCUT2D eigenvalue weighted by Gasteiger charge is -2.37. The van der Waals surface area contributed by atoms with E-state index in [4.69, 9.17) is 4.98 Å². The zero-order valence-corrected chi connectivity index (χ0v) is 16.1. The molecule has 2 aromatic heterocycles. The van der Waals surface area contributed by atoms with Crippen molar-refractivity contribution in [1.82, 2.24) is 9.97 Å². The minimum atomic E-state index is 0.161. The third-order valence-corrected chi connectivity index (χ3v) is 6.43. The molecule has 1 amide bonds. The van der Waals surface area contributed by atoms with Gasteiger partial charge in [-0.25, -0.2) is 4.98 Å². The van der Waals surface area contributed by atoms with Crippen LogP contribution in [0.25, 0.3) is 11.3 Å². The van der Waals surface area contributed by atoms with Crippen LogP contribution >= 0.6 is 0 Å². The van der Waals surface area contributed by atoms with E-state index in [9.17, 15) is 4.79 Å². The largest absolute Gasteiger partial charge is 0.366 e. The Labute approximate surface area is 160 Å². The summed E-state index contributed by atoms with van der Waals surface area (Å²) in [5, 5.41) is 0. The molecular formula is C22H26N4O. The normalized spacial score (nSPS) is 26.4. The van der Waals surface area contributed by atoms with Crippen LogP contribution in [0.15, 0.2) is 30.5 Å². The number of anilines is 2. The Morgan fingerprint density at radius 1 is 1.19 bits per heavy atom. The van der Waals surface area contributed by atoms with Crippen LogP contribution in [-0.4, -0.2) is 35.0 Å². The first-order valence-electron chi connectivity index (χ1n) is 10.1. The van der Waals surface area contributed by atoms with E-state index in [0.717, 1.165) is 67.2 Å². The standard InChI is InChI=1S/C22H26N4O/c1-14-3-4-17(11-14)22(27)26-18-8-10-25(13-18)20-6-5-19(24-21(20)26)16-7-9-23-15(2)12-16/h5-7,9,12,14,17-18H,3-4,8,10-11,13H2,1-2H3/t14-,17?,18+/m1/s1. The number of aromatic nitrogens is 2. The smallest absolute Gasteiger partial charge is 0.231 e. The number of amides is 1. The fourth-order valence-corrected chi connectivity index (χ4v) is 4.99. The lowest BCUT2D eigenvalue weighted by molar-refractivity contribution is -0.122. The molecule has 1 aliphatic carbocycles. The summed E-state index contributed by atoms with van der Waals surface area (Å²) in [5.41, 5.74) is 4.06. The Kier molecular flexibility index (Phi) is 3.92. The van der Waals surface area contributed by atoms with Crippen LogP contribution in [0.3, 0.4) is 0 Å². The molecule has 1 saturated heterocycles. The fraction of sp³-hybridized carbons (Fsp3) is 0.500. The highest BCUT2D eigenvalue weighted by Gasteiger charge is 2.43. The summed E-state index contributed by atoms with van der Waals surface area (Å²) in [5.74, 6) is 1.97. The summed E-state index contributed by atoms with van der Waals surface area (Å²) in [6.07, 6.45) is 6.06. The number of hydrogen-bond acceptors (Lipinski definition) is 4. The lowest BCUT2D eigenvalue weighted by atomic mass is 10.0. The zero-order valence-electron chi connectivity index (χ0n) is 16.1. The minimum Gasteiger partial charge on any atom is -0.366 e. The van der Waals surface area contributed by atoms with Gasteiger partial charge in [0.25, 0.3) is 0 Å². The first kappa shape index (κ1) is 16.7. The maximum Gasteiger partial charge on any atom is 0.231 e. The average Bonchev–Trinajstić information content (AvgIpc) is 3.29. The molecule has 2 aromatic rings. The maximum absolute atomic E-state index is 13.5. The molecule has 3 aliphatic rings. The van der Waals surface area contributed by atoms with Gasteiger partial charge in [0.05, 0.1) is 17.4 Å². The van der Waals surface area contributed by atoms with Crippen molar-refractivity contribution in [3.05, 3.63) is 36.2 Å². The van der Waals surface area contributed by atoms with E-state index in [2.05, 4.69) is 39.9 Å². The Hall–Kier alpha value is -2.43. The van der Waals surface area contributed by atoms with Gasteiger partial charge in [-0.05, 0) is 62.8 Å². The van der Waals surface area contributed by atoms with Crippen molar-refractivity contribution in [3.63, 3.8) is 0 Å². The van der Waals surface area contributed by atoms with Crippen LogP contribution in [-0.2, 0) is 4.79 Å². The Morgan fingerprint density at radius 2 is 2.07 bits per heavy atom. The number of aryl methyl sites for hydroxylation is 1. The number of carbonyl (C=O) groups is 1. The summed E-state index contributed by atoms with van der Waals surface area (Å²) >= 11 is 0. The average molecular weight is 362 g/mol. The number of fused-ring (bicyclic) bond motifs is 4. The Balaban J connectivity index is 1.56. The first-order chi connectivity index (χ1) is 13.1. The number of carbonyl (C=O) groups excluding carboxylic acids is 1. The molecule has 5 nitrogen and oxygen atoms in total. The van der Waals surface area contributed by atoms with Crippen molar-refractivity contribution < 1.29 is 4.79 Å². The van der Waals surface area contributed by atoms with Crippen LogP contribution in [0.4, 0.5) is 11.5 Å². The summed E-state index contributed by atoms with van der Waals surface area (Å²) in [6.45, 7) is 6.20. The van der Waals surface area contributed by atoms with Gasteiger partial charge in [0.1, 0.15) is 0 Å². The van der Waals surface area contributed by atoms with Gasteiger partial charge < -0.3 is 4.90 Å². The molecule has 2 fully saturated rings. The number of nitrogens with zero attached hydrogens (tertiary/aromatic N) is 4. The van der Waals surface area contributed by atoms with Crippen LogP contribution < -0.4 is 9.80 Å². The van der Waals surface area contributed by atoms with Crippen molar-refractivity contribution >= 4 is 17.4 Å². The van der Waals surface area contributed by atoms with Crippen LogP contribution in [0.2, 0.25) is 0 Å². The molecule has 1 unspecified atom stereocenters. The Morgan fingerprint density at radius 3 is 2.85 bits per heavy atom. The third kappa shape index (κ3) is 2.80. The fourth-order valence-electron chi connectivity index (χ4n) is 4.99. The van der Waals surface area contributed by atoms with Crippen LogP contribution in [0.5, 0.6) is 0 Å². The molecular weight excluding hydrogens is 336 g/mol. The van der Waals surface area contributed by atoms with Crippen molar-refractivity contribution in [3.8, 4) is 11.3 Å². The molecule has 2 bridgehead atoms. The Bertz CT molecular complexity index is 896. The van der Waals surface area contributed by atoms with Gasteiger partial charge in [0, 0.05) is 36.5 Å². The predicted octanol–water partition coefficient (Wildman–Crippen LogP) is 3.81. The molecule has 1 saturated carbocycles. The highest BCUT2D eigenvalue weighted by atomic mass is 16.2. The minimum absolute atomic E-state index is 0.161. The molecule has 27 heavy (non-hydrogen) atoms. The van der Waals surface area contributed by atoms with Crippen LogP contribution in [0, 0.1) is 18.8 Å².